The van der Waals surface area contributed by atoms with Gasteiger partial charge < -0.3 is 5.73 Å². The highest BCUT2D eigenvalue weighted by Gasteiger charge is 2.11. The standard InChI is InChI=1S/C13H13ClFN3/c1-8-6-18-13(7-17-8)12(16)4-9-2-3-10(15)5-11(9)14/h2-3,5-7,12H,4,16H2,1H3. The van der Waals surface area contributed by atoms with E-state index in [-0.39, 0.29) is 11.9 Å². The Labute approximate surface area is 110 Å². The maximum atomic E-state index is 12.9. The fourth-order valence-electron chi connectivity index (χ4n) is 1.62. The molecule has 1 aromatic carbocycles. The Kier molecular flexibility index (Phi) is 3.89. The smallest absolute Gasteiger partial charge is 0.124 e. The minimum atomic E-state index is -0.354. The van der Waals surface area contributed by atoms with Crippen LogP contribution in [0.4, 0.5) is 4.39 Å². The number of nitrogens with zero attached hydrogens (tertiary/aromatic N) is 2. The molecule has 3 nitrogen and oxygen atoms in total. The molecule has 1 heterocycles. The van der Waals surface area contributed by atoms with Gasteiger partial charge in [0.15, 0.2) is 0 Å². The maximum absolute atomic E-state index is 12.9. The Morgan fingerprint density at radius 3 is 2.72 bits per heavy atom. The highest BCUT2D eigenvalue weighted by Crippen LogP contribution is 2.22. The van der Waals surface area contributed by atoms with Gasteiger partial charge in [-0.05, 0) is 31.0 Å². The lowest BCUT2D eigenvalue weighted by molar-refractivity contribution is 0.625. The molecule has 0 saturated heterocycles. The molecule has 0 aliphatic rings. The molecule has 1 unspecified atom stereocenters. The lowest BCUT2D eigenvalue weighted by Crippen LogP contribution is -2.15. The van der Waals surface area contributed by atoms with Gasteiger partial charge in [0, 0.05) is 11.2 Å². The Balaban J connectivity index is 2.15. The largest absolute Gasteiger partial charge is 0.322 e. The molecule has 0 amide bonds. The van der Waals surface area contributed by atoms with E-state index in [0.29, 0.717) is 17.1 Å². The van der Waals surface area contributed by atoms with Crippen LogP contribution in [0.3, 0.4) is 0 Å². The van der Waals surface area contributed by atoms with Crippen LogP contribution in [-0.2, 0) is 6.42 Å². The van der Waals surface area contributed by atoms with E-state index >= 15 is 0 Å². The zero-order chi connectivity index (χ0) is 13.1. The molecule has 0 saturated carbocycles. The lowest BCUT2D eigenvalue weighted by atomic mass is 10.0. The molecular formula is C13H13ClFN3. The van der Waals surface area contributed by atoms with Crippen LogP contribution in [0.5, 0.6) is 0 Å². The van der Waals surface area contributed by atoms with Crippen molar-refractivity contribution in [3.8, 4) is 0 Å². The minimum absolute atomic E-state index is 0.305. The highest BCUT2D eigenvalue weighted by atomic mass is 35.5. The van der Waals surface area contributed by atoms with Crippen molar-refractivity contribution in [1.29, 1.82) is 0 Å². The average molecular weight is 266 g/mol. The van der Waals surface area contributed by atoms with Gasteiger partial charge in [-0.15, -0.1) is 0 Å². The molecule has 1 aromatic heterocycles. The zero-order valence-corrected chi connectivity index (χ0v) is 10.7. The number of aryl methyl sites for hydroxylation is 1. The van der Waals surface area contributed by atoms with Gasteiger partial charge in [-0.1, -0.05) is 17.7 Å². The van der Waals surface area contributed by atoms with Crippen molar-refractivity contribution in [2.24, 2.45) is 5.73 Å². The van der Waals surface area contributed by atoms with Crippen molar-refractivity contribution in [2.45, 2.75) is 19.4 Å². The molecular weight excluding hydrogens is 253 g/mol. The molecule has 94 valence electrons. The molecule has 2 aromatic rings. The molecule has 0 aliphatic heterocycles. The summed E-state index contributed by atoms with van der Waals surface area (Å²) in [4.78, 5) is 8.36. The van der Waals surface area contributed by atoms with Gasteiger partial charge in [0.25, 0.3) is 0 Å². The van der Waals surface area contributed by atoms with Crippen molar-refractivity contribution < 1.29 is 4.39 Å². The number of hydrogen-bond acceptors (Lipinski definition) is 3. The lowest BCUT2D eigenvalue weighted by Gasteiger charge is -2.12. The van der Waals surface area contributed by atoms with Crippen LogP contribution in [0.25, 0.3) is 0 Å². The van der Waals surface area contributed by atoms with Crippen molar-refractivity contribution in [1.82, 2.24) is 9.97 Å². The molecule has 0 bridgehead atoms. The summed E-state index contributed by atoms with van der Waals surface area (Å²) in [6.45, 7) is 1.86. The summed E-state index contributed by atoms with van der Waals surface area (Å²) in [7, 11) is 0. The maximum Gasteiger partial charge on any atom is 0.124 e. The molecule has 0 aliphatic carbocycles. The zero-order valence-electron chi connectivity index (χ0n) is 9.90. The normalized spacial score (nSPS) is 12.4. The van der Waals surface area contributed by atoms with Gasteiger partial charge in [0.2, 0.25) is 0 Å². The van der Waals surface area contributed by atoms with E-state index in [1.165, 1.54) is 12.1 Å². The summed E-state index contributed by atoms with van der Waals surface area (Å²) in [6, 6.07) is 3.99. The van der Waals surface area contributed by atoms with E-state index in [1.54, 1.807) is 18.5 Å². The highest BCUT2D eigenvalue weighted by molar-refractivity contribution is 6.31. The Morgan fingerprint density at radius 1 is 1.33 bits per heavy atom. The number of rotatable bonds is 3. The minimum Gasteiger partial charge on any atom is -0.322 e. The fraction of sp³-hybridized carbons (Fsp3) is 0.231. The van der Waals surface area contributed by atoms with Gasteiger partial charge in [-0.3, -0.25) is 9.97 Å². The predicted molar refractivity (Wildman–Crippen MR) is 68.8 cm³/mol. The van der Waals surface area contributed by atoms with Crippen LogP contribution in [-0.4, -0.2) is 9.97 Å². The third kappa shape index (κ3) is 3.03. The summed E-state index contributed by atoms with van der Waals surface area (Å²) in [5, 5.41) is 0.380. The SMILES string of the molecule is Cc1cnc(C(N)Cc2ccc(F)cc2Cl)cn1. The Hall–Kier alpha value is -1.52. The number of nitrogens with two attached hydrogens (primary N) is 1. The van der Waals surface area contributed by atoms with Gasteiger partial charge in [-0.2, -0.15) is 0 Å². The fourth-order valence-corrected chi connectivity index (χ4v) is 1.87. The van der Waals surface area contributed by atoms with Crippen LogP contribution in [0, 0.1) is 12.7 Å². The number of benzene rings is 1. The topological polar surface area (TPSA) is 51.8 Å². The van der Waals surface area contributed by atoms with E-state index < -0.39 is 0 Å². The molecule has 18 heavy (non-hydrogen) atoms. The van der Waals surface area contributed by atoms with Gasteiger partial charge >= 0.3 is 0 Å². The van der Waals surface area contributed by atoms with Crippen LogP contribution >= 0.6 is 11.6 Å². The molecule has 0 spiro atoms. The van der Waals surface area contributed by atoms with E-state index in [1.807, 2.05) is 6.92 Å². The number of halogens is 2. The molecule has 5 heteroatoms. The van der Waals surface area contributed by atoms with Gasteiger partial charge in [0.1, 0.15) is 5.82 Å². The van der Waals surface area contributed by atoms with Crippen molar-refractivity contribution in [3.05, 3.63) is 58.4 Å². The summed E-state index contributed by atoms with van der Waals surface area (Å²) < 4.78 is 12.9. The monoisotopic (exact) mass is 265 g/mol. The van der Waals surface area contributed by atoms with Crippen molar-refractivity contribution in [3.63, 3.8) is 0 Å². The quantitative estimate of drug-likeness (QED) is 0.928. The van der Waals surface area contributed by atoms with E-state index in [4.69, 9.17) is 17.3 Å². The van der Waals surface area contributed by atoms with E-state index in [0.717, 1.165) is 11.3 Å². The van der Waals surface area contributed by atoms with Crippen LogP contribution < -0.4 is 5.73 Å². The summed E-state index contributed by atoms with van der Waals surface area (Å²) in [6.07, 6.45) is 3.82. The van der Waals surface area contributed by atoms with Crippen molar-refractivity contribution in [2.75, 3.05) is 0 Å². The Morgan fingerprint density at radius 2 is 2.11 bits per heavy atom. The second kappa shape index (κ2) is 5.42. The van der Waals surface area contributed by atoms with Crippen LogP contribution in [0.15, 0.2) is 30.6 Å². The predicted octanol–water partition coefficient (Wildman–Crippen LogP) is 2.82. The molecule has 0 radical (unpaired) electrons. The average Bonchev–Trinajstić information content (AvgIpc) is 2.33. The third-order valence-electron chi connectivity index (χ3n) is 2.64. The first-order valence-electron chi connectivity index (χ1n) is 5.54. The Bertz CT molecular complexity index is 542. The van der Waals surface area contributed by atoms with Crippen LogP contribution in [0.1, 0.15) is 23.0 Å². The first-order chi connectivity index (χ1) is 8.56. The second-order valence-corrected chi connectivity index (χ2v) is 4.54. The summed E-state index contributed by atoms with van der Waals surface area (Å²) in [5.41, 5.74) is 8.36. The molecule has 2 rings (SSSR count). The van der Waals surface area contributed by atoms with Gasteiger partial charge in [0.05, 0.1) is 23.6 Å². The molecule has 2 N–H and O–H groups in total. The molecule has 1 atom stereocenters. The van der Waals surface area contributed by atoms with Crippen molar-refractivity contribution >= 4 is 11.6 Å². The van der Waals surface area contributed by atoms with E-state index in [9.17, 15) is 4.39 Å². The number of hydrogen-bond donors (Lipinski definition) is 1. The first kappa shape index (κ1) is 12.9. The third-order valence-corrected chi connectivity index (χ3v) is 2.99. The summed E-state index contributed by atoms with van der Waals surface area (Å²) >= 11 is 5.95. The first-order valence-corrected chi connectivity index (χ1v) is 5.92. The van der Waals surface area contributed by atoms with Gasteiger partial charge in [-0.25, -0.2) is 4.39 Å². The van der Waals surface area contributed by atoms with Crippen LogP contribution in [0.2, 0.25) is 5.02 Å². The molecule has 0 fully saturated rings. The second-order valence-electron chi connectivity index (χ2n) is 4.13. The summed E-state index contributed by atoms with van der Waals surface area (Å²) in [5.74, 6) is -0.354. The number of aromatic nitrogens is 2. The van der Waals surface area contributed by atoms with E-state index in [2.05, 4.69) is 9.97 Å².